The van der Waals surface area contributed by atoms with Gasteiger partial charge < -0.3 is 0 Å². The normalized spacial score (nSPS) is 19.9. The summed E-state index contributed by atoms with van der Waals surface area (Å²) in [5.74, 6) is 6.78. The number of nitrogens with two attached hydrogens (primary N) is 1. The fourth-order valence-corrected chi connectivity index (χ4v) is 4.42. The Balaban J connectivity index is 2.16. The molecule has 1 atom stereocenters. The first kappa shape index (κ1) is 16.3. The van der Waals surface area contributed by atoms with Crippen molar-refractivity contribution in [3.05, 3.63) is 0 Å². The zero-order valence-corrected chi connectivity index (χ0v) is 12.9. The summed E-state index contributed by atoms with van der Waals surface area (Å²) in [7, 11) is -2.84. The van der Waals surface area contributed by atoms with Crippen LogP contribution in [-0.4, -0.2) is 37.5 Å². The van der Waals surface area contributed by atoms with Gasteiger partial charge in [-0.3, -0.25) is 11.3 Å². The topological polar surface area (TPSA) is 72.2 Å². The molecule has 108 valence electrons. The van der Waals surface area contributed by atoms with E-state index >= 15 is 0 Å². The van der Waals surface area contributed by atoms with Crippen LogP contribution in [0.25, 0.3) is 0 Å². The molecule has 0 aromatic rings. The highest BCUT2D eigenvalue weighted by molar-refractivity contribution is 7.99. The van der Waals surface area contributed by atoms with E-state index in [1.807, 2.05) is 11.8 Å². The van der Waals surface area contributed by atoms with Crippen LogP contribution in [0.1, 0.15) is 44.9 Å². The summed E-state index contributed by atoms with van der Waals surface area (Å²) >= 11 is 2.00. The van der Waals surface area contributed by atoms with E-state index < -0.39 is 9.84 Å². The Morgan fingerprint density at radius 3 is 2.56 bits per heavy atom. The number of hydrogen-bond acceptors (Lipinski definition) is 5. The maximum atomic E-state index is 11.0. The van der Waals surface area contributed by atoms with Crippen molar-refractivity contribution in [3.8, 4) is 0 Å². The van der Waals surface area contributed by atoms with Crippen molar-refractivity contribution in [1.29, 1.82) is 0 Å². The van der Waals surface area contributed by atoms with Gasteiger partial charge in [0.15, 0.2) is 0 Å². The van der Waals surface area contributed by atoms with Crippen molar-refractivity contribution in [1.82, 2.24) is 5.43 Å². The molecule has 0 bridgehead atoms. The fraction of sp³-hybridized carbons (Fsp3) is 1.00. The molecule has 1 fully saturated rings. The monoisotopic (exact) mass is 294 g/mol. The van der Waals surface area contributed by atoms with Crippen LogP contribution in [0.2, 0.25) is 0 Å². The number of sulfone groups is 1. The van der Waals surface area contributed by atoms with E-state index in [0.717, 1.165) is 17.4 Å². The molecule has 1 unspecified atom stereocenters. The van der Waals surface area contributed by atoms with Gasteiger partial charge in [0.1, 0.15) is 9.84 Å². The Morgan fingerprint density at radius 1 is 1.33 bits per heavy atom. The Morgan fingerprint density at radius 2 is 2.00 bits per heavy atom. The van der Waals surface area contributed by atoms with Gasteiger partial charge in [-0.2, -0.15) is 11.8 Å². The van der Waals surface area contributed by atoms with Crippen LogP contribution in [0, 0.1) is 0 Å². The number of rotatable bonds is 8. The summed E-state index contributed by atoms with van der Waals surface area (Å²) in [6.07, 6.45) is 9.55. The molecule has 0 radical (unpaired) electrons. The molecule has 0 amide bonds. The molecule has 0 aromatic heterocycles. The third-order valence-electron chi connectivity index (χ3n) is 3.39. The van der Waals surface area contributed by atoms with Gasteiger partial charge in [0, 0.05) is 29.1 Å². The quantitative estimate of drug-likeness (QED) is 0.527. The Kier molecular flexibility index (Phi) is 7.60. The predicted molar refractivity (Wildman–Crippen MR) is 79.4 cm³/mol. The molecule has 0 aliphatic heterocycles. The van der Waals surface area contributed by atoms with E-state index in [0.29, 0.717) is 6.42 Å². The largest absolute Gasteiger partial charge is 0.271 e. The lowest BCUT2D eigenvalue weighted by Gasteiger charge is -2.23. The number of hydrazine groups is 1. The van der Waals surface area contributed by atoms with Crippen molar-refractivity contribution in [2.75, 3.05) is 17.8 Å². The highest BCUT2D eigenvalue weighted by Gasteiger charge is 2.16. The van der Waals surface area contributed by atoms with Gasteiger partial charge in [-0.15, -0.1) is 0 Å². The zero-order chi connectivity index (χ0) is 13.4. The second kappa shape index (κ2) is 8.40. The molecule has 4 nitrogen and oxygen atoms in total. The minimum Gasteiger partial charge on any atom is -0.271 e. The Bertz CT molecular complexity index is 314. The first-order valence-corrected chi connectivity index (χ1v) is 9.87. The molecule has 1 saturated carbocycles. The molecular weight excluding hydrogens is 268 g/mol. The zero-order valence-electron chi connectivity index (χ0n) is 11.2. The number of thioether (sulfide) groups is 1. The predicted octanol–water partition coefficient (Wildman–Crippen LogP) is 1.71. The van der Waals surface area contributed by atoms with Crippen LogP contribution in [0.4, 0.5) is 0 Å². The lowest BCUT2D eigenvalue weighted by Crippen LogP contribution is -2.37. The fourth-order valence-electron chi connectivity index (χ4n) is 2.29. The van der Waals surface area contributed by atoms with Crippen LogP contribution in [0.15, 0.2) is 0 Å². The average Bonchev–Trinajstić information content (AvgIpc) is 2.33. The lowest BCUT2D eigenvalue weighted by atomic mass is 10.0. The van der Waals surface area contributed by atoms with Crippen LogP contribution in [0.5, 0.6) is 0 Å². The van der Waals surface area contributed by atoms with Crippen molar-refractivity contribution >= 4 is 21.6 Å². The molecule has 1 aliphatic carbocycles. The van der Waals surface area contributed by atoms with Crippen molar-refractivity contribution in [2.24, 2.45) is 5.84 Å². The Labute approximate surface area is 115 Å². The van der Waals surface area contributed by atoms with Gasteiger partial charge in [-0.25, -0.2) is 8.42 Å². The minimum absolute atomic E-state index is 0.235. The number of nitrogens with one attached hydrogen (secondary N) is 1. The maximum Gasteiger partial charge on any atom is 0.147 e. The van der Waals surface area contributed by atoms with E-state index in [1.165, 1.54) is 38.4 Å². The second-order valence-corrected chi connectivity index (χ2v) is 8.82. The third kappa shape index (κ3) is 7.61. The molecule has 0 aromatic carbocycles. The molecule has 0 saturated heterocycles. The van der Waals surface area contributed by atoms with Gasteiger partial charge in [-0.1, -0.05) is 19.3 Å². The third-order valence-corrected chi connectivity index (χ3v) is 5.96. The molecule has 18 heavy (non-hydrogen) atoms. The summed E-state index contributed by atoms with van der Waals surface area (Å²) in [6.45, 7) is 0. The van der Waals surface area contributed by atoms with Gasteiger partial charge in [0.25, 0.3) is 0 Å². The van der Waals surface area contributed by atoms with E-state index in [9.17, 15) is 8.42 Å². The van der Waals surface area contributed by atoms with Crippen LogP contribution in [-0.2, 0) is 9.84 Å². The molecule has 0 spiro atoms. The second-order valence-electron chi connectivity index (χ2n) is 5.23. The SMILES string of the molecule is CS(=O)(=O)CCCC(CSC1CCCCC1)NN. The molecular formula is C12H26N2O2S2. The van der Waals surface area contributed by atoms with Crippen molar-refractivity contribution in [3.63, 3.8) is 0 Å². The van der Waals surface area contributed by atoms with E-state index in [1.54, 1.807) is 0 Å². The highest BCUT2D eigenvalue weighted by atomic mass is 32.2. The smallest absolute Gasteiger partial charge is 0.147 e. The van der Waals surface area contributed by atoms with Gasteiger partial charge in [0.05, 0.1) is 0 Å². The van der Waals surface area contributed by atoms with E-state index in [-0.39, 0.29) is 11.8 Å². The van der Waals surface area contributed by atoms with E-state index in [2.05, 4.69) is 5.43 Å². The average molecular weight is 294 g/mol. The van der Waals surface area contributed by atoms with Crippen LogP contribution < -0.4 is 11.3 Å². The lowest BCUT2D eigenvalue weighted by molar-refractivity contribution is 0.507. The maximum absolute atomic E-state index is 11.0. The van der Waals surface area contributed by atoms with Crippen molar-refractivity contribution < 1.29 is 8.42 Å². The van der Waals surface area contributed by atoms with Crippen LogP contribution in [0.3, 0.4) is 0 Å². The molecule has 3 N–H and O–H groups in total. The van der Waals surface area contributed by atoms with Gasteiger partial charge in [-0.05, 0) is 25.7 Å². The van der Waals surface area contributed by atoms with Gasteiger partial charge in [0.2, 0.25) is 0 Å². The summed E-state index contributed by atoms with van der Waals surface area (Å²) in [5.41, 5.74) is 2.81. The Hall–Kier alpha value is 0.220. The highest BCUT2D eigenvalue weighted by Crippen LogP contribution is 2.28. The van der Waals surface area contributed by atoms with Crippen molar-refractivity contribution in [2.45, 2.75) is 56.2 Å². The first-order chi connectivity index (χ1) is 8.51. The summed E-state index contributed by atoms with van der Waals surface area (Å²) in [4.78, 5) is 0. The summed E-state index contributed by atoms with van der Waals surface area (Å²) in [6, 6.07) is 0.235. The molecule has 1 aliphatic rings. The molecule has 6 heteroatoms. The molecule has 0 heterocycles. The standard InChI is InChI=1S/C12H26N2O2S2/c1-18(15,16)9-5-6-11(14-13)10-17-12-7-3-2-4-8-12/h11-12,14H,2-10,13H2,1H3. The molecule has 1 rings (SSSR count). The first-order valence-electron chi connectivity index (χ1n) is 6.76. The minimum atomic E-state index is -2.84. The van der Waals surface area contributed by atoms with Crippen LogP contribution >= 0.6 is 11.8 Å². The summed E-state index contributed by atoms with van der Waals surface area (Å²) in [5, 5.41) is 0.782. The van der Waals surface area contributed by atoms with E-state index in [4.69, 9.17) is 5.84 Å². The summed E-state index contributed by atoms with van der Waals surface area (Å²) < 4.78 is 22.1. The number of hydrogen-bond donors (Lipinski definition) is 2. The van der Waals surface area contributed by atoms with Gasteiger partial charge >= 0.3 is 0 Å².